The molecule has 0 radical (unpaired) electrons. The van der Waals surface area contributed by atoms with Crippen LogP contribution in [0.2, 0.25) is 10.0 Å². The molecule has 0 spiro atoms. The maximum absolute atomic E-state index is 10.2. The number of ether oxygens (including phenoxy) is 1. The van der Waals surface area contributed by atoms with Crippen LogP contribution in [-0.4, -0.2) is 0 Å². The Morgan fingerprint density at radius 1 is 1.00 bits per heavy atom. The van der Waals surface area contributed by atoms with Gasteiger partial charge in [-0.3, -0.25) is 0 Å². The lowest BCUT2D eigenvalue weighted by Crippen LogP contribution is -1.87. The zero-order valence-electron chi connectivity index (χ0n) is 9.27. The average molecular weight is 282 g/mol. The molecule has 5 heteroatoms. The second-order valence-electron chi connectivity index (χ2n) is 3.64. The molecule has 0 atom stereocenters. The molecule has 0 unspecified atom stereocenters. The fourth-order valence-corrected chi connectivity index (χ4v) is 2.01. The summed E-state index contributed by atoms with van der Waals surface area (Å²) >= 11 is 11.8. The number of hydrogen-bond acceptors (Lipinski definition) is 3. The summed E-state index contributed by atoms with van der Waals surface area (Å²) in [6.07, 6.45) is 0. The van der Waals surface area contributed by atoms with Gasteiger partial charge in [-0.25, -0.2) is 0 Å². The Morgan fingerprint density at radius 3 is 2.39 bits per heavy atom. The van der Waals surface area contributed by atoms with E-state index >= 15 is 0 Å². The number of nitroso groups, excluding NO2 is 1. The van der Waals surface area contributed by atoms with Crippen LogP contribution in [-0.2, 0) is 6.54 Å². The number of rotatable bonds is 4. The van der Waals surface area contributed by atoms with Crippen LogP contribution in [0.4, 0.5) is 0 Å². The molecule has 0 heterocycles. The summed E-state index contributed by atoms with van der Waals surface area (Å²) in [5.74, 6) is 1.15. The Bertz CT molecular complexity index is 552. The fourth-order valence-electron chi connectivity index (χ4n) is 1.51. The van der Waals surface area contributed by atoms with Crippen LogP contribution in [0.1, 0.15) is 5.56 Å². The van der Waals surface area contributed by atoms with Crippen LogP contribution in [0.5, 0.6) is 11.5 Å². The summed E-state index contributed by atoms with van der Waals surface area (Å²) in [5, 5.41) is 3.84. The zero-order valence-corrected chi connectivity index (χ0v) is 10.8. The van der Waals surface area contributed by atoms with Crippen molar-refractivity contribution in [3.8, 4) is 11.5 Å². The van der Waals surface area contributed by atoms with Gasteiger partial charge in [-0.1, -0.05) is 40.5 Å². The van der Waals surface area contributed by atoms with Crippen molar-refractivity contribution in [1.82, 2.24) is 0 Å². The molecule has 2 aromatic rings. The number of nitrogens with zero attached hydrogens (tertiary/aromatic N) is 1. The molecule has 0 aliphatic heterocycles. The van der Waals surface area contributed by atoms with Gasteiger partial charge in [0, 0.05) is 10.0 Å². The van der Waals surface area contributed by atoms with E-state index in [4.69, 9.17) is 27.9 Å². The van der Waals surface area contributed by atoms with Crippen LogP contribution in [0.25, 0.3) is 0 Å². The van der Waals surface area contributed by atoms with Gasteiger partial charge in [-0.05, 0) is 35.9 Å². The predicted molar refractivity (Wildman–Crippen MR) is 72.5 cm³/mol. The Kier molecular flexibility index (Phi) is 4.18. The lowest BCUT2D eigenvalue weighted by molar-refractivity contribution is 0.482. The predicted octanol–water partition coefficient (Wildman–Crippen LogP) is 5.05. The minimum absolute atomic E-state index is 0.119. The first-order chi connectivity index (χ1) is 8.67. The van der Waals surface area contributed by atoms with Crippen molar-refractivity contribution in [2.75, 3.05) is 0 Å². The lowest BCUT2D eigenvalue weighted by atomic mass is 10.2. The topological polar surface area (TPSA) is 38.7 Å². The van der Waals surface area contributed by atoms with Gasteiger partial charge >= 0.3 is 0 Å². The van der Waals surface area contributed by atoms with Crippen LogP contribution in [0.15, 0.2) is 47.6 Å². The molecular weight excluding hydrogens is 273 g/mol. The summed E-state index contributed by atoms with van der Waals surface area (Å²) in [7, 11) is 0. The van der Waals surface area contributed by atoms with E-state index < -0.39 is 0 Å². The summed E-state index contributed by atoms with van der Waals surface area (Å²) < 4.78 is 5.61. The normalized spacial score (nSPS) is 10.1. The SMILES string of the molecule is O=NCc1cccc(Oc2cc(Cl)cc(Cl)c2)c1. The molecule has 0 saturated carbocycles. The highest BCUT2D eigenvalue weighted by Gasteiger charge is 2.02. The molecule has 0 amide bonds. The van der Waals surface area contributed by atoms with Gasteiger partial charge in [0.05, 0.1) is 0 Å². The number of hydrogen-bond donors (Lipinski definition) is 0. The van der Waals surface area contributed by atoms with Crippen molar-refractivity contribution < 1.29 is 4.74 Å². The van der Waals surface area contributed by atoms with Gasteiger partial charge in [0.2, 0.25) is 0 Å². The maximum Gasteiger partial charge on any atom is 0.130 e. The van der Waals surface area contributed by atoms with Crippen molar-refractivity contribution in [1.29, 1.82) is 0 Å². The third-order valence-electron chi connectivity index (χ3n) is 2.22. The quantitative estimate of drug-likeness (QED) is 0.736. The summed E-state index contributed by atoms with van der Waals surface area (Å²) in [6.45, 7) is 0.119. The zero-order chi connectivity index (χ0) is 13.0. The molecule has 2 aromatic carbocycles. The fraction of sp³-hybridized carbons (Fsp3) is 0.0769. The molecule has 0 N–H and O–H groups in total. The molecule has 0 saturated heterocycles. The molecule has 92 valence electrons. The van der Waals surface area contributed by atoms with Crippen LogP contribution >= 0.6 is 23.2 Å². The monoisotopic (exact) mass is 281 g/mol. The van der Waals surface area contributed by atoms with E-state index in [2.05, 4.69) is 5.18 Å². The van der Waals surface area contributed by atoms with E-state index in [0.717, 1.165) is 5.56 Å². The van der Waals surface area contributed by atoms with Crippen molar-refractivity contribution >= 4 is 23.2 Å². The third kappa shape index (κ3) is 3.45. The standard InChI is InChI=1S/C13H9Cl2NO2/c14-10-5-11(15)7-13(6-10)18-12-3-1-2-9(4-12)8-16-17/h1-7H,8H2. The Morgan fingerprint density at radius 2 is 1.72 bits per heavy atom. The van der Waals surface area contributed by atoms with Gasteiger partial charge in [-0.2, -0.15) is 4.91 Å². The summed E-state index contributed by atoms with van der Waals surface area (Å²) in [6, 6.07) is 12.1. The van der Waals surface area contributed by atoms with Crippen LogP contribution < -0.4 is 4.74 Å². The highest BCUT2D eigenvalue weighted by molar-refractivity contribution is 6.34. The molecule has 0 aromatic heterocycles. The van der Waals surface area contributed by atoms with Crippen molar-refractivity contribution in [3.63, 3.8) is 0 Å². The van der Waals surface area contributed by atoms with E-state index in [0.29, 0.717) is 21.5 Å². The van der Waals surface area contributed by atoms with Gasteiger partial charge < -0.3 is 4.74 Å². The van der Waals surface area contributed by atoms with Crippen molar-refractivity contribution in [2.24, 2.45) is 5.18 Å². The first kappa shape index (κ1) is 12.9. The summed E-state index contributed by atoms with van der Waals surface area (Å²) in [4.78, 5) is 10.2. The van der Waals surface area contributed by atoms with E-state index in [-0.39, 0.29) is 6.54 Å². The maximum atomic E-state index is 10.2. The van der Waals surface area contributed by atoms with Gasteiger partial charge in [-0.15, -0.1) is 0 Å². The number of halogens is 2. The second-order valence-corrected chi connectivity index (χ2v) is 4.51. The molecule has 2 rings (SSSR count). The molecule has 3 nitrogen and oxygen atoms in total. The Labute approximate surface area is 114 Å². The van der Waals surface area contributed by atoms with E-state index in [1.807, 2.05) is 0 Å². The lowest BCUT2D eigenvalue weighted by Gasteiger charge is -2.07. The second kappa shape index (κ2) is 5.85. The minimum atomic E-state index is 0.119. The molecular formula is C13H9Cl2NO2. The Balaban J connectivity index is 2.22. The summed E-state index contributed by atoms with van der Waals surface area (Å²) in [5.41, 5.74) is 0.788. The minimum Gasteiger partial charge on any atom is -0.457 e. The van der Waals surface area contributed by atoms with Crippen LogP contribution in [0, 0.1) is 4.91 Å². The third-order valence-corrected chi connectivity index (χ3v) is 2.65. The average Bonchev–Trinajstić information content (AvgIpc) is 2.28. The molecule has 0 bridgehead atoms. The molecule has 18 heavy (non-hydrogen) atoms. The highest BCUT2D eigenvalue weighted by Crippen LogP contribution is 2.28. The largest absolute Gasteiger partial charge is 0.457 e. The van der Waals surface area contributed by atoms with E-state index in [1.165, 1.54) is 0 Å². The highest BCUT2D eigenvalue weighted by atomic mass is 35.5. The first-order valence-corrected chi connectivity index (χ1v) is 5.95. The van der Waals surface area contributed by atoms with Gasteiger partial charge in [0.15, 0.2) is 0 Å². The number of benzene rings is 2. The molecule has 0 aliphatic carbocycles. The first-order valence-electron chi connectivity index (χ1n) is 5.19. The molecule has 0 aliphatic rings. The smallest absolute Gasteiger partial charge is 0.130 e. The van der Waals surface area contributed by atoms with Gasteiger partial charge in [0.25, 0.3) is 0 Å². The molecule has 0 fully saturated rings. The van der Waals surface area contributed by atoms with Crippen molar-refractivity contribution in [3.05, 3.63) is 63.0 Å². The van der Waals surface area contributed by atoms with E-state index in [9.17, 15) is 4.91 Å². The van der Waals surface area contributed by atoms with Crippen molar-refractivity contribution in [2.45, 2.75) is 6.54 Å². The van der Waals surface area contributed by atoms with E-state index in [1.54, 1.807) is 42.5 Å². The van der Waals surface area contributed by atoms with Crippen LogP contribution in [0.3, 0.4) is 0 Å². The Hall–Kier alpha value is -1.58. The van der Waals surface area contributed by atoms with Gasteiger partial charge in [0.1, 0.15) is 18.0 Å².